The van der Waals surface area contributed by atoms with E-state index >= 15 is 0 Å². The van der Waals surface area contributed by atoms with E-state index in [0.29, 0.717) is 17.1 Å². The lowest BCUT2D eigenvalue weighted by Gasteiger charge is -2.10. The largest absolute Gasteiger partial charge is 0.484 e. The fraction of sp³-hybridized carbons (Fsp3) is 0.261. The maximum Gasteiger partial charge on any atom is 0.262 e. The minimum Gasteiger partial charge on any atom is -0.484 e. The number of nitrogens with zero attached hydrogens (tertiary/aromatic N) is 2. The minimum atomic E-state index is -0.249. The van der Waals surface area contributed by atoms with E-state index in [2.05, 4.69) is 20.2 Å². The van der Waals surface area contributed by atoms with Gasteiger partial charge in [-0.15, -0.1) is 0 Å². The third kappa shape index (κ3) is 5.26. The molecule has 4 rings (SSSR count). The van der Waals surface area contributed by atoms with Gasteiger partial charge in [0.1, 0.15) is 11.6 Å². The maximum absolute atomic E-state index is 12.2. The van der Waals surface area contributed by atoms with Gasteiger partial charge in [-0.05, 0) is 49.6 Å². The van der Waals surface area contributed by atoms with Crippen molar-refractivity contribution < 1.29 is 14.3 Å². The van der Waals surface area contributed by atoms with Gasteiger partial charge in [0.15, 0.2) is 6.61 Å². The van der Waals surface area contributed by atoms with Gasteiger partial charge in [0, 0.05) is 42.3 Å². The Morgan fingerprint density at radius 3 is 2.60 bits per heavy atom. The summed E-state index contributed by atoms with van der Waals surface area (Å²) in [6.45, 7) is 2.58. The van der Waals surface area contributed by atoms with Crippen LogP contribution < -0.4 is 15.4 Å². The number of imidazole rings is 1. The molecule has 0 bridgehead atoms. The van der Waals surface area contributed by atoms with Gasteiger partial charge >= 0.3 is 0 Å². The Balaban J connectivity index is 1.26. The van der Waals surface area contributed by atoms with Crippen LogP contribution in [0.4, 0.5) is 11.4 Å². The number of anilines is 2. The number of nitrogens with one attached hydrogen (secondary N) is 2. The second-order valence-electron chi connectivity index (χ2n) is 7.43. The van der Waals surface area contributed by atoms with E-state index in [1.165, 1.54) is 0 Å². The lowest BCUT2D eigenvalue weighted by Crippen LogP contribution is -2.20. The van der Waals surface area contributed by atoms with Crippen LogP contribution in [0.15, 0.2) is 60.9 Å². The molecule has 3 aromatic rings. The fourth-order valence-electron chi connectivity index (χ4n) is 3.06. The number of ether oxygens (including phenoxy) is 1. The lowest BCUT2D eigenvalue weighted by molar-refractivity contribution is -0.118. The van der Waals surface area contributed by atoms with Gasteiger partial charge < -0.3 is 19.9 Å². The third-order valence-corrected chi connectivity index (χ3v) is 4.93. The average molecular weight is 404 g/mol. The van der Waals surface area contributed by atoms with E-state index in [1.54, 1.807) is 30.5 Å². The second-order valence-corrected chi connectivity index (χ2v) is 7.43. The van der Waals surface area contributed by atoms with E-state index in [9.17, 15) is 9.59 Å². The van der Waals surface area contributed by atoms with E-state index in [1.807, 2.05) is 37.4 Å². The number of benzene rings is 2. The number of amides is 2. The van der Waals surface area contributed by atoms with Crippen LogP contribution in [0.25, 0.3) is 0 Å². The van der Waals surface area contributed by atoms with Gasteiger partial charge in [0.2, 0.25) is 5.91 Å². The van der Waals surface area contributed by atoms with Crippen molar-refractivity contribution >= 4 is 23.2 Å². The zero-order chi connectivity index (χ0) is 20.9. The molecule has 0 radical (unpaired) electrons. The number of aromatic nitrogens is 2. The summed E-state index contributed by atoms with van der Waals surface area (Å²) in [5.41, 5.74) is 2.50. The first kappa shape index (κ1) is 19.7. The Morgan fingerprint density at radius 1 is 1.10 bits per heavy atom. The highest BCUT2D eigenvalue weighted by Crippen LogP contribution is 2.30. The van der Waals surface area contributed by atoms with Gasteiger partial charge in [-0.1, -0.05) is 18.2 Å². The molecule has 7 nitrogen and oxygen atoms in total. The highest BCUT2D eigenvalue weighted by atomic mass is 16.5. The van der Waals surface area contributed by atoms with Crippen molar-refractivity contribution in [3.8, 4) is 5.75 Å². The van der Waals surface area contributed by atoms with E-state index in [-0.39, 0.29) is 24.3 Å². The monoisotopic (exact) mass is 404 g/mol. The predicted octanol–water partition coefficient (Wildman–Crippen LogP) is 3.61. The molecule has 1 saturated carbocycles. The van der Waals surface area contributed by atoms with Crippen LogP contribution in [0.1, 0.15) is 24.2 Å². The van der Waals surface area contributed by atoms with E-state index in [0.717, 1.165) is 30.8 Å². The summed E-state index contributed by atoms with van der Waals surface area (Å²) in [7, 11) is 0. The highest BCUT2D eigenvalue weighted by molar-refractivity contribution is 5.94. The van der Waals surface area contributed by atoms with Crippen molar-refractivity contribution in [2.75, 3.05) is 17.2 Å². The van der Waals surface area contributed by atoms with Crippen molar-refractivity contribution in [3.63, 3.8) is 0 Å². The first-order valence-corrected chi connectivity index (χ1v) is 9.97. The number of aryl methyl sites for hydroxylation is 1. The van der Waals surface area contributed by atoms with Crippen LogP contribution in [0.3, 0.4) is 0 Å². The molecule has 1 aliphatic carbocycles. The Bertz CT molecular complexity index is 1040. The topological polar surface area (TPSA) is 85.2 Å². The van der Waals surface area contributed by atoms with Crippen molar-refractivity contribution in [1.82, 2.24) is 9.55 Å². The SMILES string of the molecule is Cc1nccn1Cc1ccc(NC(=O)COc2cccc(NC(=O)C3CC3)c2)cc1. The van der Waals surface area contributed by atoms with Gasteiger partial charge in [-0.3, -0.25) is 9.59 Å². The molecule has 1 fully saturated rings. The molecule has 2 aromatic carbocycles. The molecule has 1 aromatic heterocycles. The highest BCUT2D eigenvalue weighted by Gasteiger charge is 2.29. The third-order valence-electron chi connectivity index (χ3n) is 4.93. The summed E-state index contributed by atoms with van der Waals surface area (Å²) in [5, 5.41) is 5.70. The van der Waals surface area contributed by atoms with Crippen LogP contribution in [0.2, 0.25) is 0 Å². The summed E-state index contributed by atoms with van der Waals surface area (Å²) < 4.78 is 7.63. The van der Waals surface area contributed by atoms with Crippen molar-refractivity contribution in [3.05, 3.63) is 72.3 Å². The molecule has 30 heavy (non-hydrogen) atoms. The molecular weight excluding hydrogens is 380 g/mol. The normalized spacial score (nSPS) is 13.0. The fourth-order valence-corrected chi connectivity index (χ4v) is 3.06. The molecule has 2 N–H and O–H groups in total. The molecule has 0 spiro atoms. The second kappa shape index (κ2) is 8.82. The predicted molar refractivity (Wildman–Crippen MR) is 114 cm³/mol. The first-order valence-electron chi connectivity index (χ1n) is 9.97. The van der Waals surface area contributed by atoms with Crippen LogP contribution in [0.5, 0.6) is 5.75 Å². The summed E-state index contributed by atoms with van der Waals surface area (Å²) in [4.78, 5) is 28.3. The molecule has 1 heterocycles. The Hall–Kier alpha value is -3.61. The van der Waals surface area contributed by atoms with Crippen molar-refractivity contribution in [2.24, 2.45) is 5.92 Å². The van der Waals surface area contributed by atoms with Gasteiger partial charge in [-0.2, -0.15) is 0 Å². The Morgan fingerprint density at radius 2 is 1.90 bits per heavy atom. The van der Waals surface area contributed by atoms with Crippen LogP contribution >= 0.6 is 0 Å². The molecule has 7 heteroatoms. The van der Waals surface area contributed by atoms with E-state index < -0.39 is 0 Å². The number of carbonyl (C=O) groups is 2. The van der Waals surface area contributed by atoms with Gasteiger partial charge in [-0.25, -0.2) is 4.98 Å². The van der Waals surface area contributed by atoms with Crippen LogP contribution in [0, 0.1) is 12.8 Å². The minimum absolute atomic E-state index is 0.0385. The van der Waals surface area contributed by atoms with Crippen LogP contribution in [-0.2, 0) is 16.1 Å². The Kier molecular flexibility index (Phi) is 5.79. The molecule has 0 saturated heterocycles. The summed E-state index contributed by atoms with van der Waals surface area (Å²) in [5.74, 6) is 1.42. The number of rotatable bonds is 8. The molecule has 0 aliphatic heterocycles. The molecule has 0 unspecified atom stereocenters. The summed E-state index contributed by atoms with van der Waals surface area (Å²) in [6.07, 6.45) is 5.62. The van der Waals surface area contributed by atoms with Gasteiger partial charge in [0.05, 0.1) is 0 Å². The average Bonchev–Trinajstić information content (AvgIpc) is 3.52. The van der Waals surface area contributed by atoms with Gasteiger partial charge in [0.25, 0.3) is 5.91 Å². The number of carbonyl (C=O) groups excluding carboxylic acids is 2. The lowest BCUT2D eigenvalue weighted by atomic mass is 10.2. The summed E-state index contributed by atoms with van der Waals surface area (Å²) in [6, 6.07) is 14.8. The molecule has 0 atom stereocenters. The zero-order valence-corrected chi connectivity index (χ0v) is 16.8. The molecular formula is C23H24N4O3. The van der Waals surface area contributed by atoms with Crippen molar-refractivity contribution in [1.29, 1.82) is 0 Å². The molecule has 154 valence electrons. The van der Waals surface area contributed by atoms with Crippen LogP contribution in [-0.4, -0.2) is 28.0 Å². The quantitative estimate of drug-likeness (QED) is 0.601. The summed E-state index contributed by atoms with van der Waals surface area (Å²) >= 11 is 0. The Labute approximate surface area is 175 Å². The number of hydrogen-bond acceptors (Lipinski definition) is 4. The standard InChI is InChI=1S/C23H24N4O3/c1-16-24-11-12-27(16)14-17-5-9-19(10-6-17)25-22(28)15-30-21-4-2-3-20(13-21)26-23(29)18-7-8-18/h2-6,9-13,18H,7-8,14-15H2,1H3,(H,25,28)(H,26,29). The van der Waals surface area contributed by atoms with Crippen molar-refractivity contribution in [2.45, 2.75) is 26.3 Å². The first-order chi connectivity index (χ1) is 14.6. The van der Waals surface area contributed by atoms with E-state index in [4.69, 9.17) is 4.74 Å². The molecule has 1 aliphatic rings. The maximum atomic E-state index is 12.2. The zero-order valence-electron chi connectivity index (χ0n) is 16.8. The smallest absolute Gasteiger partial charge is 0.262 e. The molecule has 2 amide bonds. The number of hydrogen-bond donors (Lipinski definition) is 2.